The summed E-state index contributed by atoms with van der Waals surface area (Å²) in [6, 6.07) is 30.7. The van der Waals surface area contributed by atoms with Crippen molar-refractivity contribution in [1.82, 2.24) is 24.6 Å². The molecule has 1 aliphatic heterocycles. The summed E-state index contributed by atoms with van der Waals surface area (Å²) in [5.41, 5.74) is 8.48. The number of rotatable bonds is 4. The van der Waals surface area contributed by atoms with Crippen LogP contribution < -0.4 is 5.32 Å². The number of hydrogen-bond donors (Lipinski definition) is 1. The standard InChI is InChI=1S/C32H31N5O/c1-22-11-15-25(16-12-22)20-33-32(38)36-21-28-24(3)34-37(27-8-5-4-6-9-27)31(28)35-19-7-10-29(35)30(36)26-17-13-23(2)14-18-26/h4-19,30H,20-21H2,1-3H3,(H,33,38)/t30-/m1/s1. The molecule has 3 heterocycles. The molecule has 5 aromatic rings. The van der Waals surface area contributed by atoms with E-state index in [-0.39, 0.29) is 12.1 Å². The Bertz CT molecular complexity index is 1580. The Balaban J connectivity index is 1.47. The molecular formula is C32H31N5O. The first kappa shape index (κ1) is 23.8. The van der Waals surface area contributed by atoms with E-state index >= 15 is 0 Å². The molecule has 1 aliphatic rings. The largest absolute Gasteiger partial charge is 0.334 e. The van der Waals surface area contributed by atoms with Crippen LogP contribution in [0, 0.1) is 20.8 Å². The molecule has 6 heteroatoms. The van der Waals surface area contributed by atoms with Gasteiger partial charge in [-0.2, -0.15) is 5.10 Å². The Morgan fingerprint density at radius 3 is 2.26 bits per heavy atom. The van der Waals surface area contributed by atoms with Gasteiger partial charge in [0, 0.05) is 18.3 Å². The van der Waals surface area contributed by atoms with Crippen molar-refractivity contribution in [2.45, 2.75) is 39.9 Å². The summed E-state index contributed by atoms with van der Waals surface area (Å²) in [5.74, 6) is 0.972. The van der Waals surface area contributed by atoms with Crippen molar-refractivity contribution in [3.8, 4) is 11.5 Å². The van der Waals surface area contributed by atoms with E-state index in [1.54, 1.807) is 0 Å². The molecule has 0 radical (unpaired) electrons. The van der Waals surface area contributed by atoms with E-state index in [1.165, 1.54) is 11.1 Å². The molecule has 6 nitrogen and oxygen atoms in total. The Hall–Kier alpha value is -4.58. The molecule has 2 amide bonds. The maximum Gasteiger partial charge on any atom is 0.318 e. The van der Waals surface area contributed by atoms with E-state index in [2.05, 4.69) is 96.7 Å². The fourth-order valence-electron chi connectivity index (χ4n) is 5.23. The van der Waals surface area contributed by atoms with Crippen LogP contribution in [-0.2, 0) is 13.1 Å². The van der Waals surface area contributed by atoms with Crippen molar-refractivity contribution in [2.24, 2.45) is 0 Å². The normalized spacial score (nSPS) is 14.5. The highest BCUT2D eigenvalue weighted by molar-refractivity contribution is 5.76. The predicted molar refractivity (Wildman–Crippen MR) is 150 cm³/mol. The number of aryl methyl sites for hydroxylation is 3. The van der Waals surface area contributed by atoms with Gasteiger partial charge < -0.3 is 14.8 Å². The molecule has 0 fully saturated rings. The van der Waals surface area contributed by atoms with Crippen LogP contribution >= 0.6 is 0 Å². The van der Waals surface area contributed by atoms with E-state index in [9.17, 15) is 4.79 Å². The molecule has 38 heavy (non-hydrogen) atoms. The number of amides is 2. The topological polar surface area (TPSA) is 55.1 Å². The van der Waals surface area contributed by atoms with Crippen LogP contribution in [0.2, 0.25) is 0 Å². The second-order valence-electron chi connectivity index (χ2n) is 10.0. The average molecular weight is 502 g/mol. The van der Waals surface area contributed by atoms with Crippen LogP contribution in [0.3, 0.4) is 0 Å². The first-order valence-electron chi connectivity index (χ1n) is 13.0. The SMILES string of the molecule is Cc1ccc(CNC(=O)N2Cc3c(C)nn(-c4ccccc4)c3-n3cccc3[C@H]2c2ccc(C)cc2)cc1. The second-order valence-corrected chi connectivity index (χ2v) is 10.0. The molecule has 0 bridgehead atoms. The Morgan fingerprint density at radius 2 is 1.55 bits per heavy atom. The molecule has 0 aliphatic carbocycles. The summed E-state index contributed by atoms with van der Waals surface area (Å²) in [4.78, 5) is 15.9. The molecule has 2 aromatic heterocycles. The Labute approximate surface area is 223 Å². The number of aromatic nitrogens is 3. The third-order valence-electron chi connectivity index (χ3n) is 7.31. The number of hydrogen-bond acceptors (Lipinski definition) is 2. The number of urea groups is 1. The van der Waals surface area contributed by atoms with Gasteiger partial charge in [-0.05, 0) is 56.2 Å². The lowest BCUT2D eigenvalue weighted by atomic mass is 10.0. The van der Waals surface area contributed by atoms with Gasteiger partial charge in [0.1, 0.15) is 5.82 Å². The van der Waals surface area contributed by atoms with Crippen LogP contribution in [0.25, 0.3) is 11.5 Å². The lowest BCUT2D eigenvalue weighted by Gasteiger charge is -2.31. The smallest absolute Gasteiger partial charge is 0.318 e. The number of fused-ring (bicyclic) bond motifs is 3. The van der Waals surface area contributed by atoms with Gasteiger partial charge in [-0.3, -0.25) is 0 Å². The van der Waals surface area contributed by atoms with E-state index in [1.807, 2.05) is 40.8 Å². The van der Waals surface area contributed by atoms with Gasteiger partial charge in [0.2, 0.25) is 0 Å². The lowest BCUT2D eigenvalue weighted by molar-refractivity contribution is 0.180. The minimum Gasteiger partial charge on any atom is -0.334 e. The molecule has 0 saturated carbocycles. The third-order valence-corrected chi connectivity index (χ3v) is 7.31. The molecule has 3 aromatic carbocycles. The van der Waals surface area contributed by atoms with Gasteiger partial charge in [0.15, 0.2) is 0 Å². The van der Waals surface area contributed by atoms with Gasteiger partial charge in [-0.15, -0.1) is 0 Å². The van der Waals surface area contributed by atoms with Gasteiger partial charge in [0.25, 0.3) is 0 Å². The van der Waals surface area contributed by atoms with E-state index in [0.29, 0.717) is 13.1 Å². The summed E-state index contributed by atoms with van der Waals surface area (Å²) < 4.78 is 4.19. The molecule has 1 N–H and O–H groups in total. The van der Waals surface area contributed by atoms with E-state index in [0.717, 1.165) is 39.6 Å². The maximum atomic E-state index is 13.9. The van der Waals surface area contributed by atoms with Crippen molar-refractivity contribution in [3.63, 3.8) is 0 Å². The Kier molecular flexibility index (Phi) is 6.08. The van der Waals surface area contributed by atoms with Crippen LogP contribution in [0.4, 0.5) is 4.79 Å². The molecule has 6 rings (SSSR count). The average Bonchev–Trinajstić information content (AvgIpc) is 3.50. The maximum absolute atomic E-state index is 13.9. The highest BCUT2D eigenvalue weighted by atomic mass is 16.2. The van der Waals surface area contributed by atoms with E-state index < -0.39 is 0 Å². The quantitative estimate of drug-likeness (QED) is 0.310. The van der Waals surface area contributed by atoms with Crippen molar-refractivity contribution < 1.29 is 4.79 Å². The van der Waals surface area contributed by atoms with Crippen LogP contribution in [0.1, 0.15) is 45.2 Å². The first-order chi connectivity index (χ1) is 18.5. The summed E-state index contributed by atoms with van der Waals surface area (Å²) in [6.07, 6.45) is 2.07. The van der Waals surface area contributed by atoms with Crippen molar-refractivity contribution >= 4 is 6.03 Å². The minimum atomic E-state index is -0.264. The lowest BCUT2D eigenvalue weighted by Crippen LogP contribution is -2.41. The van der Waals surface area contributed by atoms with Crippen LogP contribution in [-0.4, -0.2) is 25.3 Å². The summed E-state index contributed by atoms with van der Waals surface area (Å²) in [7, 11) is 0. The second kappa shape index (κ2) is 9.71. The zero-order valence-electron chi connectivity index (χ0n) is 21.9. The highest BCUT2D eigenvalue weighted by Gasteiger charge is 2.35. The zero-order chi connectivity index (χ0) is 26.2. The van der Waals surface area contributed by atoms with Gasteiger partial charge in [-0.1, -0.05) is 77.9 Å². The van der Waals surface area contributed by atoms with Gasteiger partial charge in [-0.25, -0.2) is 9.48 Å². The van der Waals surface area contributed by atoms with Gasteiger partial charge in [0.05, 0.1) is 29.7 Å². The van der Waals surface area contributed by atoms with Gasteiger partial charge >= 0.3 is 6.03 Å². The molecular weight excluding hydrogens is 470 g/mol. The summed E-state index contributed by atoms with van der Waals surface area (Å²) in [5, 5.41) is 8.11. The summed E-state index contributed by atoms with van der Waals surface area (Å²) >= 11 is 0. The number of para-hydroxylation sites is 1. The molecule has 190 valence electrons. The number of carbonyl (C=O) groups excluding carboxylic acids is 1. The minimum absolute atomic E-state index is 0.108. The van der Waals surface area contributed by atoms with E-state index in [4.69, 9.17) is 5.10 Å². The van der Waals surface area contributed by atoms with Crippen LogP contribution in [0.15, 0.2) is 97.2 Å². The number of nitrogens with zero attached hydrogens (tertiary/aromatic N) is 4. The third kappa shape index (κ3) is 4.28. The van der Waals surface area contributed by atoms with Crippen molar-refractivity contribution in [3.05, 3.63) is 136 Å². The summed E-state index contributed by atoms with van der Waals surface area (Å²) in [6.45, 7) is 7.08. The molecule has 1 atom stereocenters. The predicted octanol–water partition coefficient (Wildman–Crippen LogP) is 6.40. The monoisotopic (exact) mass is 501 g/mol. The number of carbonyl (C=O) groups is 1. The fourth-order valence-corrected chi connectivity index (χ4v) is 5.23. The highest BCUT2D eigenvalue weighted by Crippen LogP contribution is 2.38. The first-order valence-corrected chi connectivity index (χ1v) is 13.0. The number of nitrogens with one attached hydrogen (secondary N) is 1. The molecule has 0 spiro atoms. The zero-order valence-corrected chi connectivity index (χ0v) is 21.9. The molecule has 0 saturated heterocycles. The molecule has 0 unspecified atom stereocenters. The fraction of sp³-hybridized carbons (Fsp3) is 0.188. The van der Waals surface area contributed by atoms with Crippen molar-refractivity contribution in [2.75, 3.05) is 0 Å². The number of benzene rings is 3. The van der Waals surface area contributed by atoms with Crippen molar-refractivity contribution in [1.29, 1.82) is 0 Å². The van der Waals surface area contributed by atoms with Crippen LogP contribution in [0.5, 0.6) is 0 Å². The Morgan fingerprint density at radius 1 is 0.868 bits per heavy atom.